The summed E-state index contributed by atoms with van der Waals surface area (Å²) in [5, 5.41) is 9.51. The van der Waals surface area contributed by atoms with Crippen LogP contribution in [-0.2, 0) is 17.6 Å². The van der Waals surface area contributed by atoms with Crippen LogP contribution in [0.1, 0.15) is 54.1 Å². The molecule has 33 heavy (non-hydrogen) atoms. The molecule has 0 fully saturated rings. The van der Waals surface area contributed by atoms with E-state index >= 15 is 0 Å². The third-order valence-corrected chi connectivity index (χ3v) is 6.10. The molecule has 1 N–H and O–H groups in total. The predicted octanol–water partition coefficient (Wildman–Crippen LogP) is 4.57. The van der Waals surface area contributed by atoms with Gasteiger partial charge >= 0.3 is 6.09 Å². The van der Waals surface area contributed by atoms with Gasteiger partial charge in [-0.15, -0.1) is 0 Å². The fourth-order valence-corrected chi connectivity index (χ4v) is 4.31. The molecule has 0 saturated heterocycles. The van der Waals surface area contributed by atoms with Crippen LogP contribution in [0.15, 0.2) is 42.5 Å². The minimum absolute atomic E-state index is 0.0127. The summed E-state index contributed by atoms with van der Waals surface area (Å²) in [6, 6.07) is 13.3. The van der Waals surface area contributed by atoms with Crippen molar-refractivity contribution in [1.29, 1.82) is 0 Å². The predicted molar refractivity (Wildman–Crippen MR) is 127 cm³/mol. The zero-order valence-corrected chi connectivity index (χ0v) is 19.4. The first-order chi connectivity index (χ1) is 15.9. The molecule has 0 aliphatic carbocycles. The van der Waals surface area contributed by atoms with E-state index in [1.807, 2.05) is 36.4 Å². The molecule has 7 nitrogen and oxygen atoms in total. The number of benzene rings is 2. The normalized spacial score (nSPS) is 12.4. The molecule has 0 bridgehead atoms. The number of unbranched alkanes of at least 4 members (excludes halogenated alkanes) is 1. The van der Waals surface area contributed by atoms with Gasteiger partial charge in [0.15, 0.2) is 5.78 Å². The van der Waals surface area contributed by atoms with Gasteiger partial charge in [-0.1, -0.05) is 18.2 Å². The van der Waals surface area contributed by atoms with Gasteiger partial charge < -0.3 is 19.6 Å². The van der Waals surface area contributed by atoms with Crippen LogP contribution in [0.3, 0.4) is 0 Å². The Morgan fingerprint density at radius 1 is 1.06 bits per heavy atom. The largest absolute Gasteiger partial charge is 0.496 e. The third-order valence-electron chi connectivity index (χ3n) is 6.10. The van der Waals surface area contributed by atoms with Gasteiger partial charge in [0.25, 0.3) is 0 Å². The van der Waals surface area contributed by atoms with Gasteiger partial charge in [0, 0.05) is 44.2 Å². The number of ether oxygens (including phenoxy) is 1. The summed E-state index contributed by atoms with van der Waals surface area (Å²) in [7, 11) is 1.63. The number of anilines is 1. The number of hydrogen-bond acceptors (Lipinski definition) is 4. The first-order valence-electron chi connectivity index (χ1n) is 11.4. The second-order valence-corrected chi connectivity index (χ2v) is 8.33. The summed E-state index contributed by atoms with van der Waals surface area (Å²) in [4.78, 5) is 39.0. The summed E-state index contributed by atoms with van der Waals surface area (Å²) in [5.74, 6) is 0.884. The van der Waals surface area contributed by atoms with Crippen molar-refractivity contribution in [3.8, 4) is 5.75 Å². The van der Waals surface area contributed by atoms with Crippen LogP contribution >= 0.6 is 0 Å². The fraction of sp³-hybridized carbons (Fsp3) is 0.423. The summed E-state index contributed by atoms with van der Waals surface area (Å²) in [5.41, 5.74) is 3.65. The van der Waals surface area contributed by atoms with Crippen molar-refractivity contribution in [3.63, 3.8) is 0 Å². The Balaban J connectivity index is 1.43. The van der Waals surface area contributed by atoms with Crippen LogP contribution in [0.4, 0.5) is 10.5 Å². The van der Waals surface area contributed by atoms with E-state index in [0.717, 1.165) is 35.4 Å². The molecule has 7 heteroatoms. The maximum Gasteiger partial charge on any atom is 0.407 e. The lowest BCUT2D eigenvalue weighted by atomic mass is 10.0. The standard InChI is InChI=1S/C26H32N2O5/c1-19(29)28-17-14-21-18-22(12-13-23(21)28)24(30)10-5-6-15-27(26(31)32)16-7-9-20-8-3-4-11-25(20)33-2/h3-4,8,11-13,18H,5-7,9-10,14-17H2,1-2H3,(H,31,32). The second-order valence-electron chi connectivity index (χ2n) is 8.33. The van der Waals surface area contributed by atoms with Gasteiger partial charge in [-0.2, -0.15) is 0 Å². The molecule has 0 radical (unpaired) electrons. The van der Waals surface area contributed by atoms with E-state index in [2.05, 4.69) is 0 Å². The van der Waals surface area contributed by atoms with Gasteiger partial charge in [0.05, 0.1) is 7.11 Å². The number of amides is 2. The van der Waals surface area contributed by atoms with Crippen molar-refractivity contribution < 1.29 is 24.2 Å². The number of aryl methyl sites for hydroxylation is 1. The number of methoxy groups -OCH3 is 1. The van der Waals surface area contributed by atoms with E-state index in [0.29, 0.717) is 50.9 Å². The SMILES string of the molecule is COc1ccccc1CCCN(CCCCC(=O)c1ccc2c(c1)CCN2C(C)=O)C(=O)O. The number of hydrogen-bond donors (Lipinski definition) is 1. The number of carbonyl (C=O) groups is 3. The van der Waals surface area contributed by atoms with Gasteiger partial charge in [0.2, 0.25) is 5.91 Å². The van der Waals surface area contributed by atoms with Crippen LogP contribution in [0.25, 0.3) is 0 Å². The number of carboxylic acid groups (broad SMARTS) is 1. The minimum Gasteiger partial charge on any atom is -0.496 e. The van der Waals surface area contributed by atoms with E-state index in [4.69, 9.17) is 4.74 Å². The Bertz CT molecular complexity index is 1000. The van der Waals surface area contributed by atoms with E-state index in [9.17, 15) is 19.5 Å². The first-order valence-corrected chi connectivity index (χ1v) is 11.4. The van der Waals surface area contributed by atoms with Gasteiger partial charge in [0.1, 0.15) is 5.75 Å². The Hall–Kier alpha value is -3.35. The molecule has 0 unspecified atom stereocenters. The van der Waals surface area contributed by atoms with Crippen molar-refractivity contribution in [2.24, 2.45) is 0 Å². The summed E-state index contributed by atoms with van der Waals surface area (Å²) >= 11 is 0. The van der Waals surface area contributed by atoms with Crippen molar-refractivity contribution in [2.75, 3.05) is 31.6 Å². The van der Waals surface area contributed by atoms with E-state index in [-0.39, 0.29) is 11.7 Å². The highest BCUT2D eigenvalue weighted by Gasteiger charge is 2.23. The topological polar surface area (TPSA) is 87.2 Å². The number of rotatable bonds is 11. The maximum atomic E-state index is 12.6. The molecule has 0 aromatic heterocycles. The Labute approximate surface area is 195 Å². The van der Waals surface area contributed by atoms with Crippen molar-refractivity contribution in [3.05, 3.63) is 59.2 Å². The van der Waals surface area contributed by atoms with Crippen LogP contribution in [-0.4, -0.2) is 54.5 Å². The summed E-state index contributed by atoms with van der Waals surface area (Å²) in [6.07, 6.45) is 2.92. The second kappa shape index (κ2) is 11.5. The molecular weight excluding hydrogens is 420 g/mol. The molecule has 1 heterocycles. The van der Waals surface area contributed by atoms with Gasteiger partial charge in [-0.25, -0.2) is 4.79 Å². The molecule has 1 aliphatic rings. The lowest BCUT2D eigenvalue weighted by molar-refractivity contribution is -0.116. The van der Waals surface area contributed by atoms with Crippen LogP contribution < -0.4 is 9.64 Å². The quantitative estimate of drug-likeness (QED) is 0.399. The number of nitrogens with zero attached hydrogens (tertiary/aromatic N) is 2. The average Bonchev–Trinajstić information content (AvgIpc) is 3.24. The molecule has 1 aliphatic heterocycles. The molecular formula is C26H32N2O5. The van der Waals surface area contributed by atoms with Gasteiger partial charge in [-0.3, -0.25) is 9.59 Å². The summed E-state index contributed by atoms with van der Waals surface area (Å²) in [6.45, 7) is 3.06. The minimum atomic E-state index is -0.935. The van der Waals surface area contributed by atoms with Crippen LogP contribution in [0, 0.1) is 0 Å². The number of ketones is 1. The average molecular weight is 453 g/mol. The molecule has 2 amide bonds. The Kier molecular flexibility index (Phi) is 8.46. The summed E-state index contributed by atoms with van der Waals surface area (Å²) < 4.78 is 5.35. The number of para-hydroxylation sites is 1. The molecule has 176 valence electrons. The van der Waals surface area contributed by atoms with Gasteiger partial charge in [-0.05, 0) is 67.5 Å². The molecule has 0 spiro atoms. The van der Waals surface area contributed by atoms with Crippen molar-refractivity contribution >= 4 is 23.5 Å². The monoisotopic (exact) mass is 452 g/mol. The zero-order valence-electron chi connectivity index (χ0n) is 19.4. The smallest absolute Gasteiger partial charge is 0.407 e. The number of fused-ring (bicyclic) bond motifs is 1. The van der Waals surface area contributed by atoms with Crippen molar-refractivity contribution in [1.82, 2.24) is 4.90 Å². The van der Waals surface area contributed by atoms with E-state index in [1.165, 1.54) is 4.90 Å². The Morgan fingerprint density at radius 2 is 1.82 bits per heavy atom. The van der Waals surface area contributed by atoms with E-state index in [1.54, 1.807) is 25.0 Å². The third kappa shape index (κ3) is 6.34. The highest BCUT2D eigenvalue weighted by molar-refractivity contribution is 5.98. The molecule has 0 saturated carbocycles. The maximum absolute atomic E-state index is 12.6. The van der Waals surface area contributed by atoms with Crippen molar-refractivity contribution in [2.45, 2.75) is 45.4 Å². The number of carbonyl (C=O) groups excluding carboxylic acids is 2. The zero-order chi connectivity index (χ0) is 23.8. The molecule has 3 rings (SSSR count). The van der Waals surface area contributed by atoms with E-state index < -0.39 is 6.09 Å². The van der Waals surface area contributed by atoms with Crippen LogP contribution in [0.5, 0.6) is 5.75 Å². The lowest BCUT2D eigenvalue weighted by Crippen LogP contribution is -2.31. The fourth-order valence-electron chi connectivity index (χ4n) is 4.31. The highest BCUT2D eigenvalue weighted by Crippen LogP contribution is 2.29. The number of Topliss-reactive ketones (excluding diaryl/α,β-unsaturated/α-hetero) is 1. The molecule has 0 atom stereocenters. The lowest BCUT2D eigenvalue weighted by Gasteiger charge is -2.19. The first kappa shape index (κ1) is 24.3. The van der Waals surface area contributed by atoms with Crippen LogP contribution in [0.2, 0.25) is 0 Å². The molecule has 2 aromatic carbocycles. The highest BCUT2D eigenvalue weighted by atomic mass is 16.5. The molecule has 2 aromatic rings. The Morgan fingerprint density at radius 3 is 2.55 bits per heavy atom.